The zero-order valence-electron chi connectivity index (χ0n) is 14.5. The van der Waals surface area contributed by atoms with Gasteiger partial charge in [0.1, 0.15) is 0 Å². The third-order valence-corrected chi connectivity index (χ3v) is 6.45. The van der Waals surface area contributed by atoms with Crippen molar-refractivity contribution >= 4 is 40.8 Å². The van der Waals surface area contributed by atoms with Crippen molar-refractivity contribution in [2.45, 2.75) is 37.6 Å². The molecule has 3 unspecified atom stereocenters. The molecule has 3 atom stereocenters. The highest BCUT2D eigenvalue weighted by molar-refractivity contribution is 6.31. The van der Waals surface area contributed by atoms with E-state index in [4.69, 9.17) is 22.3 Å². The van der Waals surface area contributed by atoms with Crippen molar-refractivity contribution < 1.29 is 4.79 Å². The van der Waals surface area contributed by atoms with Crippen LogP contribution in [0.5, 0.6) is 0 Å². The molecule has 1 saturated heterocycles. The lowest BCUT2D eigenvalue weighted by Gasteiger charge is -2.20. The number of amides is 1. The van der Waals surface area contributed by atoms with E-state index >= 15 is 0 Å². The van der Waals surface area contributed by atoms with E-state index in [0.29, 0.717) is 22.8 Å². The van der Waals surface area contributed by atoms with Crippen LogP contribution >= 0.6 is 24.0 Å². The Labute approximate surface area is 164 Å². The Bertz CT molecular complexity index is 868. The lowest BCUT2D eigenvalue weighted by molar-refractivity contribution is 0.0781. The van der Waals surface area contributed by atoms with Gasteiger partial charge >= 0.3 is 0 Å². The summed E-state index contributed by atoms with van der Waals surface area (Å²) in [6, 6.07) is 7.90. The van der Waals surface area contributed by atoms with Crippen LogP contribution in [0.2, 0.25) is 5.02 Å². The quantitative estimate of drug-likeness (QED) is 0.841. The van der Waals surface area contributed by atoms with Gasteiger partial charge < -0.3 is 10.6 Å². The van der Waals surface area contributed by atoms with E-state index in [1.807, 2.05) is 29.2 Å². The Balaban J connectivity index is 0.00000168. The van der Waals surface area contributed by atoms with Gasteiger partial charge in [0.05, 0.1) is 11.1 Å². The zero-order valence-corrected chi connectivity index (χ0v) is 16.1. The molecule has 1 aromatic carbocycles. The molecule has 6 heteroatoms. The molecule has 0 radical (unpaired) electrons. The van der Waals surface area contributed by atoms with E-state index in [1.54, 1.807) is 0 Å². The second-order valence-corrected chi connectivity index (χ2v) is 8.34. The second kappa shape index (κ2) is 6.66. The molecule has 0 bridgehead atoms. The minimum absolute atomic E-state index is 0. The number of rotatable bonds is 2. The highest BCUT2D eigenvalue weighted by Crippen LogP contribution is 2.41. The highest BCUT2D eigenvalue weighted by atomic mass is 35.5. The summed E-state index contributed by atoms with van der Waals surface area (Å²) in [6.07, 6.45) is 4.58. The maximum atomic E-state index is 13.3. The van der Waals surface area contributed by atoms with Gasteiger partial charge in [-0.1, -0.05) is 11.6 Å². The zero-order chi connectivity index (χ0) is 17.1. The summed E-state index contributed by atoms with van der Waals surface area (Å²) in [5.74, 6) is 1.65. The van der Waals surface area contributed by atoms with Crippen LogP contribution in [-0.2, 0) is 0 Å². The molecule has 3 fully saturated rings. The van der Waals surface area contributed by atoms with Gasteiger partial charge in [-0.05, 0) is 61.8 Å². The minimum Gasteiger partial charge on any atom is -0.338 e. The first-order valence-electron chi connectivity index (χ1n) is 9.25. The fourth-order valence-electron chi connectivity index (χ4n) is 4.63. The molecule has 0 spiro atoms. The Morgan fingerprint density at radius 2 is 1.96 bits per heavy atom. The summed E-state index contributed by atoms with van der Waals surface area (Å²) in [7, 11) is 0. The topological polar surface area (TPSA) is 59.2 Å². The normalized spacial score (nSPS) is 27.5. The number of hydrogen-bond acceptors (Lipinski definition) is 3. The number of pyridine rings is 1. The van der Waals surface area contributed by atoms with E-state index in [1.165, 1.54) is 12.8 Å². The largest absolute Gasteiger partial charge is 0.338 e. The number of nitrogens with zero attached hydrogens (tertiary/aromatic N) is 2. The first-order chi connectivity index (χ1) is 12.1. The van der Waals surface area contributed by atoms with Crippen LogP contribution in [0, 0.1) is 11.8 Å². The van der Waals surface area contributed by atoms with Crippen LogP contribution < -0.4 is 5.73 Å². The molecule has 26 heavy (non-hydrogen) atoms. The van der Waals surface area contributed by atoms with E-state index in [2.05, 4.69) is 0 Å². The maximum Gasteiger partial charge on any atom is 0.254 e. The third kappa shape index (κ3) is 2.98. The van der Waals surface area contributed by atoms with Gasteiger partial charge in [0.2, 0.25) is 0 Å². The van der Waals surface area contributed by atoms with Gasteiger partial charge in [-0.2, -0.15) is 0 Å². The Hall–Kier alpha value is -1.36. The molecule has 1 amide bonds. The molecule has 138 valence electrons. The molecule has 1 aromatic heterocycles. The highest BCUT2D eigenvalue weighted by Gasteiger charge is 2.43. The number of hydrogen-bond donors (Lipinski definition) is 1. The minimum atomic E-state index is 0. The number of halogens is 2. The average Bonchev–Trinajstić information content (AvgIpc) is 3.28. The summed E-state index contributed by atoms with van der Waals surface area (Å²) >= 11 is 6.20. The number of nitrogens with two attached hydrogens (primary N) is 1. The van der Waals surface area contributed by atoms with Crippen molar-refractivity contribution in [3.05, 3.63) is 40.5 Å². The van der Waals surface area contributed by atoms with Crippen LogP contribution in [0.4, 0.5) is 0 Å². The first-order valence-corrected chi connectivity index (χ1v) is 9.63. The average molecular weight is 392 g/mol. The number of likely N-dealkylation sites (tertiary alicyclic amines) is 1. The van der Waals surface area contributed by atoms with Crippen molar-refractivity contribution in [1.29, 1.82) is 0 Å². The van der Waals surface area contributed by atoms with Gasteiger partial charge in [-0.3, -0.25) is 9.78 Å². The van der Waals surface area contributed by atoms with Crippen molar-refractivity contribution in [2.24, 2.45) is 17.6 Å². The summed E-state index contributed by atoms with van der Waals surface area (Å²) in [4.78, 5) is 20.1. The van der Waals surface area contributed by atoms with Crippen molar-refractivity contribution in [3.63, 3.8) is 0 Å². The van der Waals surface area contributed by atoms with E-state index in [-0.39, 0.29) is 24.4 Å². The van der Waals surface area contributed by atoms with Crippen LogP contribution in [0.3, 0.4) is 0 Å². The Morgan fingerprint density at radius 1 is 1.15 bits per heavy atom. The van der Waals surface area contributed by atoms with Gasteiger partial charge in [0.25, 0.3) is 5.91 Å². The molecule has 3 aliphatic rings. The fraction of sp³-hybridized carbons (Fsp3) is 0.500. The summed E-state index contributed by atoms with van der Waals surface area (Å²) in [5, 5.41) is 1.51. The van der Waals surface area contributed by atoms with Crippen LogP contribution in [0.15, 0.2) is 24.3 Å². The third-order valence-electron chi connectivity index (χ3n) is 6.22. The Morgan fingerprint density at radius 3 is 2.69 bits per heavy atom. The van der Waals surface area contributed by atoms with Crippen LogP contribution in [-0.4, -0.2) is 34.9 Å². The Kier molecular flexibility index (Phi) is 4.62. The van der Waals surface area contributed by atoms with Crippen molar-refractivity contribution in [3.8, 4) is 0 Å². The molecule has 2 N–H and O–H groups in total. The summed E-state index contributed by atoms with van der Waals surface area (Å²) in [5.41, 5.74) is 8.91. The molecule has 2 heterocycles. The number of carbonyl (C=O) groups is 1. The lowest BCUT2D eigenvalue weighted by atomic mass is 9.98. The van der Waals surface area contributed by atoms with Crippen LogP contribution in [0.25, 0.3) is 10.9 Å². The predicted molar refractivity (Wildman–Crippen MR) is 106 cm³/mol. The number of carbonyl (C=O) groups excluding carboxylic acids is 1. The second-order valence-electron chi connectivity index (χ2n) is 7.91. The van der Waals surface area contributed by atoms with Crippen LogP contribution in [0.1, 0.15) is 47.7 Å². The first kappa shape index (κ1) is 18.0. The monoisotopic (exact) mass is 391 g/mol. The summed E-state index contributed by atoms with van der Waals surface area (Å²) in [6.45, 7) is 1.62. The molecule has 4 nitrogen and oxygen atoms in total. The van der Waals surface area contributed by atoms with Gasteiger partial charge in [-0.15, -0.1) is 12.4 Å². The van der Waals surface area contributed by atoms with Gasteiger partial charge in [-0.25, -0.2) is 0 Å². The molecule has 2 aromatic rings. The number of benzene rings is 1. The van der Waals surface area contributed by atoms with Crippen molar-refractivity contribution in [2.75, 3.05) is 13.1 Å². The molecule has 2 saturated carbocycles. The van der Waals surface area contributed by atoms with Gasteiger partial charge in [0, 0.05) is 41.2 Å². The van der Waals surface area contributed by atoms with E-state index in [0.717, 1.165) is 48.1 Å². The molecular weight excluding hydrogens is 369 g/mol. The molecule has 5 rings (SSSR count). The van der Waals surface area contributed by atoms with E-state index in [9.17, 15) is 4.79 Å². The molecule has 2 aliphatic carbocycles. The standard InChI is InChI=1S/C20H22ClN3O.ClH/c21-13-4-6-18-14(7-13)15(8-19(23-18)11-1-2-11)20(25)24-9-12-3-5-17(22)16(12)10-24;/h4,6-8,11-12,16-17H,1-3,5,9-10,22H2;1H. The number of fused-ring (bicyclic) bond motifs is 2. The smallest absolute Gasteiger partial charge is 0.254 e. The fourth-order valence-corrected chi connectivity index (χ4v) is 4.80. The van der Waals surface area contributed by atoms with E-state index < -0.39 is 0 Å². The summed E-state index contributed by atoms with van der Waals surface area (Å²) < 4.78 is 0. The molecular formula is C20H23Cl2N3O. The predicted octanol–water partition coefficient (Wildman–Crippen LogP) is 4.00. The maximum absolute atomic E-state index is 13.3. The SMILES string of the molecule is Cl.NC1CCC2CN(C(=O)c3cc(C4CC4)nc4ccc(Cl)cc34)CC12. The van der Waals surface area contributed by atoms with Gasteiger partial charge in [0.15, 0.2) is 0 Å². The van der Waals surface area contributed by atoms with Crippen molar-refractivity contribution in [1.82, 2.24) is 9.88 Å². The lowest BCUT2D eigenvalue weighted by Crippen LogP contribution is -2.33. The molecule has 1 aliphatic heterocycles. The number of aromatic nitrogens is 1.